The highest BCUT2D eigenvalue weighted by molar-refractivity contribution is 7.22. The summed E-state index contributed by atoms with van der Waals surface area (Å²) in [7, 11) is 0. The number of furan rings is 1. The Morgan fingerprint density at radius 1 is 1.64 bits per heavy atom. The lowest BCUT2D eigenvalue weighted by Crippen LogP contribution is -2.29. The number of hydrogen-bond donors (Lipinski definition) is 2. The first-order valence-corrected chi connectivity index (χ1v) is 5.57. The minimum Gasteiger partial charge on any atom is -0.445 e. The molecule has 0 radical (unpaired) electrons. The fourth-order valence-electron chi connectivity index (χ4n) is 1.69. The van der Waals surface area contributed by atoms with Gasteiger partial charge in [-0.1, -0.05) is 11.3 Å². The van der Waals surface area contributed by atoms with Crippen molar-refractivity contribution in [1.82, 2.24) is 10.3 Å². The number of nitrogens with zero attached hydrogens (tertiary/aromatic N) is 1. The molecule has 3 rings (SSSR count). The second kappa shape index (κ2) is 3.25. The average Bonchev–Trinajstić information content (AvgIpc) is 2.78. The van der Waals surface area contributed by atoms with Crippen molar-refractivity contribution in [2.75, 3.05) is 11.9 Å². The van der Waals surface area contributed by atoms with E-state index in [0.717, 1.165) is 22.1 Å². The van der Waals surface area contributed by atoms with Crippen LogP contribution in [0.15, 0.2) is 16.7 Å². The molecule has 1 unspecified atom stereocenters. The van der Waals surface area contributed by atoms with Gasteiger partial charge in [-0.3, -0.25) is 5.32 Å². The number of thiazole rings is 1. The number of fused-ring (bicyclic) bond motifs is 1. The van der Waals surface area contributed by atoms with Crippen molar-refractivity contribution in [2.24, 2.45) is 0 Å². The fraction of sp³-hybridized carbons (Fsp3) is 0.444. The van der Waals surface area contributed by atoms with Gasteiger partial charge < -0.3 is 9.73 Å². The average molecular weight is 209 g/mol. The third-order valence-corrected chi connectivity index (χ3v) is 3.31. The Morgan fingerprint density at radius 2 is 2.64 bits per heavy atom. The first kappa shape index (κ1) is 8.26. The predicted octanol–water partition coefficient (Wildman–Crippen LogP) is 2.01. The second-order valence-corrected chi connectivity index (χ2v) is 4.43. The van der Waals surface area contributed by atoms with Crippen LogP contribution in [0.4, 0.5) is 5.13 Å². The number of anilines is 1. The van der Waals surface area contributed by atoms with Crippen molar-refractivity contribution >= 4 is 26.9 Å². The van der Waals surface area contributed by atoms with E-state index in [4.69, 9.17) is 4.42 Å². The molecule has 0 aliphatic carbocycles. The van der Waals surface area contributed by atoms with Crippen LogP contribution < -0.4 is 10.6 Å². The lowest BCUT2D eigenvalue weighted by molar-refractivity contribution is 0.603. The highest BCUT2D eigenvalue weighted by Gasteiger charge is 2.15. The maximum atomic E-state index is 5.20. The van der Waals surface area contributed by atoms with Crippen molar-refractivity contribution in [2.45, 2.75) is 19.0 Å². The summed E-state index contributed by atoms with van der Waals surface area (Å²) in [4.78, 5) is 4.34. The smallest absolute Gasteiger partial charge is 0.238 e. The van der Waals surface area contributed by atoms with E-state index < -0.39 is 0 Å². The minimum absolute atomic E-state index is 0.380. The summed E-state index contributed by atoms with van der Waals surface area (Å²) in [5, 5.41) is 7.66. The van der Waals surface area contributed by atoms with Crippen LogP contribution in [-0.4, -0.2) is 17.7 Å². The molecule has 1 fully saturated rings. The highest BCUT2D eigenvalue weighted by atomic mass is 32.1. The largest absolute Gasteiger partial charge is 0.445 e. The Bertz CT molecular complexity index is 401. The van der Waals surface area contributed by atoms with Crippen molar-refractivity contribution in [3.63, 3.8) is 0 Å². The van der Waals surface area contributed by atoms with E-state index in [2.05, 4.69) is 15.6 Å². The van der Waals surface area contributed by atoms with Crippen LogP contribution in [0.2, 0.25) is 0 Å². The minimum atomic E-state index is 0.380. The van der Waals surface area contributed by atoms with Crippen molar-refractivity contribution in [3.05, 3.63) is 12.3 Å². The van der Waals surface area contributed by atoms with Gasteiger partial charge in [0.2, 0.25) is 5.71 Å². The van der Waals surface area contributed by atoms with E-state index in [1.807, 2.05) is 6.07 Å². The van der Waals surface area contributed by atoms with Crippen LogP contribution in [-0.2, 0) is 0 Å². The molecular weight excluding hydrogens is 198 g/mol. The second-order valence-electron chi connectivity index (χ2n) is 3.40. The molecule has 1 aliphatic rings. The Kier molecular flexibility index (Phi) is 1.92. The molecule has 0 amide bonds. The van der Waals surface area contributed by atoms with E-state index >= 15 is 0 Å². The molecule has 74 valence electrons. The van der Waals surface area contributed by atoms with Gasteiger partial charge in [-0.15, -0.1) is 0 Å². The standard InChI is InChI=1S/C9H11N3OS/c1-2-7(10-4-1)11-9-12-8-6(14-9)3-5-13-8/h3,5,7,10H,1-2,4H2,(H,11,12). The Morgan fingerprint density at radius 3 is 3.43 bits per heavy atom. The first-order chi connectivity index (χ1) is 6.92. The van der Waals surface area contributed by atoms with Crippen LogP contribution in [0.25, 0.3) is 10.4 Å². The zero-order valence-electron chi connectivity index (χ0n) is 7.62. The fourth-order valence-corrected chi connectivity index (χ4v) is 2.53. The van der Waals surface area contributed by atoms with Crippen LogP contribution in [0.3, 0.4) is 0 Å². The normalized spacial score (nSPS) is 21.9. The van der Waals surface area contributed by atoms with Crippen molar-refractivity contribution in [3.8, 4) is 0 Å². The monoisotopic (exact) mass is 209 g/mol. The SMILES string of the molecule is c1cc2sc(NC3CCCN3)nc2o1. The summed E-state index contributed by atoms with van der Waals surface area (Å²) >= 11 is 1.63. The van der Waals surface area contributed by atoms with E-state index in [1.54, 1.807) is 17.6 Å². The van der Waals surface area contributed by atoms with Gasteiger partial charge in [0.15, 0.2) is 5.13 Å². The van der Waals surface area contributed by atoms with Gasteiger partial charge in [0, 0.05) is 0 Å². The number of rotatable bonds is 2. The van der Waals surface area contributed by atoms with Crippen LogP contribution in [0.5, 0.6) is 0 Å². The van der Waals surface area contributed by atoms with Gasteiger partial charge in [0.05, 0.1) is 17.1 Å². The van der Waals surface area contributed by atoms with Crippen molar-refractivity contribution < 1.29 is 4.42 Å². The molecule has 1 aliphatic heterocycles. The summed E-state index contributed by atoms with van der Waals surface area (Å²) in [5.74, 6) is 0. The molecule has 4 nitrogen and oxygen atoms in total. The zero-order valence-corrected chi connectivity index (χ0v) is 8.43. The summed E-state index contributed by atoms with van der Waals surface area (Å²) in [5.41, 5.74) is 0.732. The summed E-state index contributed by atoms with van der Waals surface area (Å²) in [6.07, 6.45) is 4.46. The maximum absolute atomic E-state index is 5.20. The summed E-state index contributed by atoms with van der Waals surface area (Å²) in [6.45, 7) is 1.10. The number of nitrogens with one attached hydrogen (secondary N) is 2. The molecule has 2 aromatic rings. The summed E-state index contributed by atoms with van der Waals surface area (Å²) < 4.78 is 6.30. The third-order valence-electron chi connectivity index (χ3n) is 2.38. The van der Waals surface area contributed by atoms with Gasteiger partial charge >= 0.3 is 0 Å². The number of aromatic nitrogens is 1. The Hall–Kier alpha value is -1.07. The lowest BCUT2D eigenvalue weighted by atomic mass is 10.3. The first-order valence-electron chi connectivity index (χ1n) is 4.76. The van der Waals surface area contributed by atoms with E-state index in [0.29, 0.717) is 6.17 Å². The highest BCUT2D eigenvalue weighted by Crippen LogP contribution is 2.27. The molecule has 0 spiro atoms. The summed E-state index contributed by atoms with van der Waals surface area (Å²) in [6, 6.07) is 1.94. The van der Waals surface area contributed by atoms with Crippen LogP contribution >= 0.6 is 11.3 Å². The molecule has 1 saturated heterocycles. The lowest BCUT2D eigenvalue weighted by Gasteiger charge is -2.10. The molecule has 14 heavy (non-hydrogen) atoms. The predicted molar refractivity (Wildman–Crippen MR) is 56.5 cm³/mol. The zero-order chi connectivity index (χ0) is 9.38. The van der Waals surface area contributed by atoms with Crippen LogP contribution in [0, 0.1) is 0 Å². The van der Waals surface area contributed by atoms with E-state index in [1.165, 1.54) is 12.8 Å². The molecule has 2 aromatic heterocycles. The molecule has 3 heterocycles. The van der Waals surface area contributed by atoms with Gasteiger partial charge in [0.1, 0.15) is 0 Å². The third kappa shape index (κ3) is 1.38. The molecule has 2 N–H and O–H groups in total. The van der Waals surface area contributed by atoms with Gasteiger partial charge in [-0.2, -0.15) is 4.98 Å². The van der Waals surface area contributed by atoms with E-state index in [9.17, 15) is 0 Å². The molecule has 5 heteroatoms. The van der Waals surface area contributed by atoms with E-state index in [-0.39, 0.29) is 0 Å². The molecule has 0 saturated carbocycles. The maximum Gasteiger partial charge on any atom is 0.238 e. The van der Waals surface area contributed by atoms with Crippen molar-refractivity contribution in [1.29, 1.82) is 0 Å². The van der Waals surface area contributed by atoms with Gasteiger partial charge in [-0.05, 0) is 25.5 Å². The molecule has 0 aromatic carbocycles. The topological polar surface area (TPSA) is 50.1 Å². The van der Waals surface area contributed by atoms with Gasteiger partial charge in [0.25, 0.3) is 0 Å². The molecule has 0 bridgehead atoms. The Balaban J connectivity index is 1.80. The van der Waals surface area contributed by atoms with Crippen LogP contribution in [0.1, 0.15) is 12.8 Å². The van der Waals surface area contributed by atoms with Gasteiger partial charge in [-0.25, -0.2) is 0 Å². The molecular formula is C9H11N3OS. The molecule has 1 atom stereocenters. The quantitative estimate of drug-likeness (QED) is 0.794. The Labute approximate surface area is 85.3 Å². The number of hydrogen-bond acceptors (Lipinski definition) is 5.